The molecule has 2 aromatic carbocycles. The van der Waals surface area contributed by atoms with Gasteiger partial charge in [0, 0.05) is 18.9 Å². The second kappa shape index (κ2) is 10.4. The number of nitrogens with one attached hydrogen (secondary N) is 2. The predicted molar refractivity (Wildman–Crippen MR) is 113 cm³/mol. The molecular weight excluding hydrogens is 441 g/mol. The highest BCUT2D eigenvalue weighted by atomic mass is 19.4. The Balaban J connectivity index is 1.62. The Morgan fingerprint density at radius 3 is 2.12 bits per heavy atom. The highest BCUT2D eigenvalue weighted by Gasteiger charge is 2.30. The number of alkyl halides is 3. The highest BCUT2D eigenvalue weighted by molar-refractivity contribution is 5.86. The Morgan fingerprint density at radius 1 is 1.00 bits per heavy atom. The number of halogens is 3. The van der Waals surface area contributed by atoms with Gasteiger partial charge in [0.2, 0.25) is 5.91 Å². The number of carboxylic acid groups (broad SMARTS) is 1. The quantitative estimate of drug-likeness (QED) is 0.523. The lowest BCUT2D eigenvalue weighted by Gasteiger charge is -2.19. The highest BCUT2D eigenvalue weighted by Crippen LogP contribution is 2.44. The maximum Gasteiger partial charge on any atom is 0.407 e. The van der Waals surface area contributed by atoms with Gasteiger partial charge in [0.05, 0.1) is 6.42 Å². The van der Waals surface area contributed by atoms with Crippen LogP contribution in [-0.4, -0.2) is 48.4 Å². The first-order valence-electron chi connectivity index (χ1n) is 10.3. The van der Waals surface area contributed by atoms with Gasteiger partial charge in [-0.15, -0.1) is 0 Å². The molecule has 0 radical (unpaired) electrons. The number of alkyl carbamates (subject to hydrolysis) is 1. The van der Waals surface area contributed by atoms with Gasteiger partial charge in [-0.3, -0.25) is 9.59 Å². The van der Waals surface area contributed by atoms with Crippen LogP contribution in [0.15, 0.2) is 48.5 Å². The van der Waals surface area contributed by atoms with Crippen LogP contribution in [0.5, 0.6) is 0 Å². The van der Waals surface area contributed by atoms with Crippen molar-refractivity contribution >= 4 is 18.0 Å². The van der Waals surface area contributed by atoms with Crippen molar-refractivity contribution in [3.63, 3.8) is 0 Å². The maximum atomic E-state index is 12.4. The summed E-state index contributed by atoms with van der Waals surface area (Å²) in [5.74, 6) is -2.34. The second-order valence-corrected chi connectivity index (χ2v) is 7.61. The molecule has 0 bridgehead atoms. The molecule has 3 N–H and O–H groups in total. The van der Waals surface area contributed by atoms with E-state index in [1.165, 1.54) is 0 Å². The van der Waals surface area contributed by atoms with E-state index in [1.807, 2.05) is 48.5 Å². The Kier molecular flexibility index (Phi) is 7.57. The lowest BCUT2D eigenvalue weighted by atomic mass is 9.98. The number of carboxylic acids is 1. The molecule has 0 fully saturated rings. The summed E-state index contributed by atoms with van der Waals surface area (Å²) < 4.78 is 42.3. The summed E-state index contributed by atoms with van der Waals surface area (Å²) in [6.07, 6.45) is -7.41. The fraction of sp³-hybridized carbons (Fsp3) is 0.348. The molecule has 176 valence electrons. The summed E-state index contributed by atoms with van der Waals surface area (Å²) in [7, 11) is 0. The third-order valence-corrected chi connectivity index (χ3v) is 5.31. The minimum absolute atomic E-state index is 0.0266. The van der Waals surface area contributed by atoms with Crippen molar-refractivity contribution in [2.45, 2.75) is 37.4 Å². The van der Waals surface area contributed by atoms with E-state index in [0.717, 1.165) is 22.3 Å². The van der Waals surface area contributed by atoms with Crippen molar-refractivity contribution in [2.24, 2.45) is 0 Å². The standard InChI is InChI=1S/C23H23F3N2O5/c24-23(25,26)11-12-27-21(31)19(9-10-20(29)30)28-22(32)33-13-18-16-7-3-1-5-14(16)15-6-2-4-8-17(15)18/h1-8,18-19H,9-13H2,(H,27,31)(H,28,32)(H,29,30). The van der Waals surface area contributed by atoms with Crippen LogP contribution in [0.3, 0.4) is 0 Å². The molecule has 1 aliphatic rings. The summed E-state index contributed by atoms with van der Waals surface area (Å²) >= 11 is 0. The normalized spacial score (nSPS) is 13.5. The van der Waals surface area contributed by atoms with Crippen LogP contribution in [0.4, 0.5) is 18.0 Å². The molecule has 0 aromatic heterocycles. The molecule has 33 heavy (non-hydrogen) atoms. The van der Waals surface area contributed by atoms with E-state index < -0.39 is 49.6 Å². The molecule has 0 saturated carbocycles. The monoisotopic (exact) mass is 464 g/mol. The number of aliphatic carboxylic acids is 1. The summed E-state index contributed by atoms with van der Waals surface area (Å²) in [4.78, 5) is 35.5. The van der Waals surface area contributed by atoms with Crippen molar-refractivity contribution in [3.05, 3.63) is 59.7 Å². The lowest BCUT2D eigenvalue weighted by molar-refractivity contribution is -0.137. The Bertz CT molecular complexity index is 980. The average Bonchev–Trinajstić information content (AvgIpc) is 3.08. The zero-order chi connectivity index (χ0) is 24.0. The fourth-order valence-electron chi connectivity index (χ4n) is 3.77. The minimum Gasteiger partial charge on any atom is -0.481 e. The van der Waals surface area contributed by atoms with Gasteiger partial charge < -0.3 is 20.5 Å². The van der Waals surface area contributed by atoms with E-state index in [2.05, 4.69) is 10.6 Å². The van der Waals surface area contributed by atoms with Crippen LogP contribution in [-0.2, 0) is 14.3 Å². The third-order valence-electron chi connectivity index (χ3n) is 5.31. The van der Waals surface area contributed by atoms with Crippen LogP contribution < -0.4 is 10.6 Å². The topological polar surface area (TPSA) is 105 Å². The average molecular weight is 464 g/mol. The van der Waals surface area contributed by atoms with E-state index >= 15 is 0 Å². The maximum absolute atomic E-state index is 12.4. The molecule has 0 heterocycles. The molecule has 7 nitrogen and oxygen atoms in total. The molecule has 1 unspecified atom stereocenters. The summed E-state index contributed by atoms with van der Waals surface area (Å²) in [5, 5.41) is 13.2. The van der Waals surface area contributed by atoms with Crippen molar-refractivity contribution in [2.75, 3.05) is 13.2 Å². The summed E-state index contributed by atoms with van der Waals surface area (Å²) in [6, 6.07) is 14.1. The molecule has 2 amide bonds. The number of amides is 2. The number of hydrogen-bond acceptors (Lipinski definition) is 4. The van der Waals surface area contributed by atoms with Crippen LogP contribution in [0.25, 0.3) is 11.1 Å². The zero-order valence-corrected chi connectivity index (χ0v) is 17.5. The second-order valence-electron chi connectivity index (χ2n) is 7.61. The van der Waals surface area contributed by atoms with E-state index in [0.29, 0.717) is 0 Å². The minimum atomic E-state index is -4.45. The van der Waals surface area contributed by atoms with Gasteiger partial charge in [-0.05, 0) is 28.7 Å². The molecule has 0 aliphatic heterocycles. The predicted octanol–water partition coefficient (Wildman–Crippen LogP) is 3.83. The molecule has 1 aliphatic carbocycles. The zero-order valence-electron chi connectivity index (χ0n) is 17.5. The molecule has 0 saturated heterocycles. The third kappa shape index (κ3) is 6.47. The van der Waals surface area contributed by atoms with Gasteiger partial charge in [0.1, 0.15) is 12.6 Å². The SMILES string of the molecule is O=C(O)CCC(NC(=O)OCC1c2ccccc2-c2ccccc21)C(=O)NCCC(F)(F)F. The van der Waals surface area contributed by atoms with Gasteiger partial charge in [-0.25, -0.2) is 4.79 Å². The summed E-state index contributed by atoms with van der Waals surface area (Å²) in [6.45, 7) is -0.709. The van der Waals surface area contributed by atoms with Crippen molar-refractivity contribution in [1.82, 2.24) is 10.6 Å². The first kappa shape index (κ1) is 24.1. The molecule has 2 aromatic rings. The number of benzene rings is 2. The number of carbonyl (C=O) groups is 3. The smallest absolute Gasteiger partial charge is 0.407 e. The van der Waals surface area contributed by atoms with Crippen LogP contribution >= 0.6 is 0 Å². The van der Waals surface area contributed by atoms with Crippen LogP contribution in [0.1, 0.15) is 36.3 Å². The number of ether oxygens (including phenoxy) is 1. The molecule has 0 spiro atoms. The van der Waals surface area contributed by atoms with Gasteiger partial charge in [-0.2, -0.15) is 13.2 Å². The summed E-state index contributed by atoms with van der Waals surface area (Å²) in [5.41, 5.74) is 4.04. The van der Waals surface area contributed by atoms with Gasteiger partial charge in [-0.1, -0.05) is 48.5 Å². The molecule has 1 atom stereocenters. The molecule has 10 heteroatoms. The van der Waals surface area contributed by atoms with E-state index in [4.69, 9.17) is 9.84 Å². The van der Waals surface area contributed by atoms with E-state index in [1.54, 1.807) is 0 Å². The van der Waals surface area contributed by atoms with Gasteiger partial charge in [0.25, 0.3) is 0 Å². The Hall–Kier alpha value is -3.56. The van der Waals surface area contributed by atoms with E-state index in [9.17, 15) is 27.6 Å². The van der Waals surface area contributed by atoms with Crippen LogP contribution in [0.2, 0.25) is 0 Å². The Labute approximate surface area is 187 Å². The fourth-order valence-corrected chi connectivity index (χ4v) is 3.77. The van der Waals surface area contributed by atoms with Crippen molar-refractivity contribution < 1.29 is 37.4 Å². The lowest BCUT2D eigenvalue weighted by Crippen LogP contribution is -2.47. The van der Waals surface area contributed by atoms with Gasteiger partial charge >= 0.3 is 18.2 Å². The van der Waals surface area contributed by atoms with Crippen molar-refractivity contribution in [3.8, 4) is 11.1 Å². The van der Waals surface area contributed by atoms with Crippen LogP contribution in [0, 0.1) is 0 Å². The first-order valence-corrected chi connectivity index (χ1v) is 10.3. The van der Waals surface area contributed by atoms with E-state index in [-0.39, 0.29) is 18.9 Å². The number of rotatable bonds is 9. The molecule has 3 rings (SSSR count). The first-order chi connectivity index (χ1) is 15.7. The largest absolute Gasteiger partial charge is 0.481 e. The Morgan fingerprint density at radius 2 is 1.58 bits per heavy atom. The number of carbonyl (C=O) groups excluding carboxylic acids is 2. The number of hydrogen-bond donors (Lipinski definition) is 3. The van der Waals surface area contributed by atoms with Gasteiger partial charge in [0.15, 0.2) is 0 Å². The number of fused-ring (bicyclic) bond motifs is 3. The van der Waals surface area contributed by atoms with Crippen molar-refractivity contribution in [1.29, 1.82) is 0 Å². The molecular formula is C23H23F3N2O5.